The van der Waals surface area contributed by atoms with Crippen LogP contribution in [0.25, 0.3) is 0 Å². The summed E-state index contributed by atoms with van der Waals surface area (Å²) in [6, 6.07) is 0. The summed E-state index contributed by atoms with van der Waals surface area (Å²) in [5.74, 6) is 0.599. The Morgan fingerprint density at radius 2 is 1.89 bits per heavy atom. The summed E-state index contributed by atoms with van der Waals surface area (Å²) in [6.45, 7) is 10.6. The van der Waals surface area contributed by atoms with Gasteiger partial charge < -0.3 is 9.47 Å². The van der Waals surface area contributed by atoms with Gasteiger partial charge in [0.05, 0.1) is 13.2 Å². The summed E-state index contributed by atoms with van der Waals surface area (Å²) in [5.41, 5.74) is 2.53. The Balaban J connectivity index is 0.00000137. The van der Waals surface area contributed by atoms with E-state index in [-0.39, 0.29) is 0 Å². The minimum Gasteiger partial charge on any atom is -0.380 e. The molecular formula is C16H28O2. The van der Waals surface area contributed by atoms with Crippen molar-refractivity contribution < 1.29 is 9.47 Å². The number of methoxy groups -OCH3 is 1. The standard InChI is InChI=1S/C14H22O2.C2H6/c1-12(2)9-16-11-14-6-4-5-13(7-8-14)10-15-3;1-2/h4-5,7-8,12H,6,9-11H2,1-3H3;1-2H3. The molecule has 0 spiro atoms. The summed E-state index contributed by atoms with van der Waals surface area (Å²) in [6.07, 6.45) is 9.52. The summed E-state index contributed by atoms with van der Waals surface area (Å²) >= 11 is 0. The largest absolute Gasteiger partial charge is 0.380 e. The van der Waals surface area contributed by atoms with Crippen LogP contribution in [-0.4, -0.2) is 26.9 Å². The molecular weight excluding hydrogens is 224 g/mol. The van der Waals surface area contributed by atoms with E-state index in [4.69, 9.17) is 9.47 Å². The molecule has 104 valence electrons. The third-order valence-electron chi connectivity index (χ3n) is 2.29. The fraction of sp³-hybridized carbons (Fsp3) is 0.625. The van der Waals surface area contributed by atoms with Crippen LogP contribution in [0.1, 0.15) is 34.1 Å². The molecule has 0 N–H and O–H groups in total. The lowest BCUT2D eigenvalue weighted by Crippen LogP contribution is -2.04. The minimum atomic E-state index is 0.599. The predicted molar refractivity (Wildman–Crippen MR) is 78.8 cm³/mol. The maximum absolute atomic E-state index is 5.62. The highest BCUT2D eigenvalue weighted by molar-refractivity contribution is 5.31. The van der Waals surface area contributed by atoms with Crippen LogP contribution in [0.3, 0.4) is 0 Å². The Bertz CT molecular complexity index is 285. The van der Waals surface area contributed by atoms with Crippen molar-refractivity contribution in [1.82, 2.24) is 0 Å². The van der Waals surface area contributed by atoms with Gasteiger partial charge >= 0.3 is 0 Å². The Kier molecular flexibility index (Phi) is 10.7. The molecule has 1 aliphatic carbocycles. The van der Waals surface area contributed by atoms with E-state index in [1.165, 1.54) is 11.1 Å². The zero-order valence-corrected chi connectivity index (χ0v) is 12.5. The van der Waals surface area contributed by atoms with Crippen molar-refractivity contribution in [1.29, 1.82) is 0 Å². The van der Waals surface area contributed by atoms with Gasteiger partial charge in [0.2, 0.25) is 0 Å². The van der Waals surface area contributed by atoms with Gasteiger partial charge in [0.1, 0.15) is 0 Å². The molecule has 0 aliphatic heterocycles. The lowest BCUT2D eigenvalue weighted by atomic mass is 10.2. The molecule has 0 amide bonds. The first-order valence-corrected chi connectivity index (χ1v) is 6.84. The predicted octanol–water partition coefficient (Wildman–Crippen LogP) is 4.14. The van der Waals surface area contributed by atoms with Crippen LogP contribution in [0.4, 0.5) is 0 Å². The average molecular weight is 252 g/mol. The molecule has 1 aliphatic rings. The molecule has 0 fully saturated rings. The van der Waals surface area contributed by atoms with E-state index in [1.807, 2.05) is 13.8 Å². The van der Waals surface area contributed by atoms with Crippen LogP contribution in [0.5, 0.6) is 0 Å². The van der Waals surface area contributed by atoms with Crippen LogP contribution in [0, 0.1) is 5.92 Å². The fourth-order valence-electron chi connectivity index (χ4n) is 1.51. The molecule has 0 aromatic rings. The molecule has 0 saturated carbocycles. The van der Waals surface area contributed by atoms with Gasteiger partial charge in [-0.1, -0.05) is 52.0 Å². The molecule has 0 heterocycles. The molecule has 0 aromatic heterocycles. The highest BCUT2D eigenvalue weighted by atomic mass is 16.5. The first-order chi connectivity index (χ1) is 8.72. The van der Waals surface area contributed by atoms with E-state index in [0.29, 0.717) is 12.5 Å². The van der Waals surface area contributed by atoms with Crippen LogP contribution >= 0.6 is 0 Å². The zero-order chi connectivity index (χ0) is 13.8. The van der Waals surface area contributed by atoms with Crippen LogP contribution < -0.4 is 0 Å². The van der Waals surface area contributed by atoms with Crippen molar-refractivity contribution in [3.63, 3.8) is 0 Å². The highest BCUT2D eigenvalue weighted by Gasteiger charge is 2.01. The molecule has 18 heavy (non-hydrogen) atoms. The maximum atomic E-state index is 5.62. The second kappa shape index (κ2) is 11.2. The summed E-state index contributed by atoms with van der Waals surface area (Å²) in [5, 5.41) is 0. The smallest absolute Gasteiger partial charge is 0.0712 e. The third-order valence-corrected chi connectivity index (χ3v) is 2.29. The molecule has 2 heteroatoms. The third kappa shape index (κ3) is 8.26. The Labute approximate surface area is 112 Å². The lowest BCUT2D eigenvalue weighted by Gasteiger charge is -2.07. The van der Waals surface area contributed by atoms with Crippen LogP contribution in [0.2, 0.25) is 0 Å². The molecule has 0 radical (unpaired) electrons. The molecule has 0 unspecified atom stereocenters. The zero-order valence-electron chi connectivity index (χ0n) is 12.5. The molecule has 2 nitrogen and oxygen atoms in total. The fourth-order valence-corrected chi connectivity index (χ4v) is 1.51. The van der Waals surface area contributed by atoms with Crippen molar-refractivity contribution in [3.8, 4) is 0 Å². The Morgan fingerprint density at radius 1 is 1.17 bits per heavy atom. The van der Waals surface area contributed by atoms with Gasteiger partial charge in [-0.2, -0.15) is 0 Å². The van der Waals surface area contributed by atoms with E-state index in [2.05, 4.69) is 38.2 Å². The second-order valence-corrected chi connectivity index (χ2v) is 4.51. The van der Waals surface area contributed by atoms with Gasteiger partial charge in [-0.05, 0) is 23.5 Å². The number of hydrogen-bond donors (Lipinski definition) is 0. The van der Waals surface area contributed by atoms with Crippen molar-refractivity contribution in [2.45, 2.75) is 34.1 Å². The van der Waals surface area contributed by atoms with Crippen LogP contribution in [0.15, 0.2) is 35.5 Å². The number of hydrogen-bond acceptors (Lipinski definition) is 2. The van der Waals surface area contributed by atoms with E-state index in [9.17, 15) is 0 Å². The molecule has 0 atom stereocenters. The summed E-state index contributed by atoms with van der Waals surface area (Å²) < 4.78 is 10.7. The van der Waals surface area contributed by atoms with Gasteiger partial charge in [-0.15, -0.1) is 0 Å². The van der Waals surface area contributed by atoms with Crippen molar-refractivity contribution in [2.75, 3.05) is 26.9 Å². The molecule has 1 rings (SSSR count). The van der Waals surface area contributed by atoms with Crippen LogP contribution in [-0.2, 0) is 9.47 Å². The maximum Gasteiger partial charge on any atom is 0.0712 e. The van der Waals surface area contributed by atoms with Crippen molar-refractivity contribution in [2.24, 2.45) is 5.92 Å². The van der Waals surface area contributed by atoms with Gasteiger partial charge in [-0.25, -0.2) is 0 Å². The summed E-state index contributed by atoms with van der Waals surface area (Å²) in [4.78, 5) is 0. The average Bonchev–Trinajstić information content (AvgIpc) is 2.58. The number of allylic oxidation sites excluding steroid dienone is 3. The number of rotatable bonds is 6. The molecule has 0 aromatic carbocycles. The molecule has 0 saturated heterocycles. The van der Waals surface area contributed by atoms with Gasteiger partial charge in [0, 0.05) is 13.7 Å². The monoisotopic (exact) mass is 252 g/mol. The second-order valence-electron chi connectivity index (χ2n) is 4.51. The van der Waals surface area contributed by atoms with E-state index < -0.39 is 0 Å². The van der Waals surface area contributed by atoms with Crippen molar-refractivity contribution >= 4 is 0 Å². The van der Waals surface area contributed by atoms with Crippen molar-refractivity contribution in [3.05, 3.63) is 35.5 Å². The van der Waals surface area contributed by atoms with Gasteiger partial charge in [-0.3, -0.25) is 0 Å². The minimum absolute atomic E-state index is 0.599. The topological polar surface area (TPSA) is 18.5 Å². The number of ether oxygens (including phenoxy) is 2. The van der Waals surface area contributed by atoms with E-state index >= 15 is 0 Å². The van der Waals surface area contributed by atoms with Gasteiger partial charge in [0.25, 0.3) is 0 Å². The Morgan fingerprint density at radius 3 is 2.50 bits per heavy atom. The van der Waals surface area contributed by atoms with E-state index in [1.54, 1.807) is 7.11 Å². The first kappa shape index (κ1) is 17.1. The lowest BCUT2D eigenvalue weighted by molar-refractivity contribution is 0.128. The Hall–Kier alpha value is -0.860. The van der Waals surface area contributed by atoms with E-state index in [0.717, 1.165) is 19.6 Å². The normalized spacial score (nSPS) is 14.6. The quantitative estimate of drug-likeness (QED) is 0.707. The highest BCUT2D eigenvalue weighted by Crippen LogP contribution is 2.12. The first-order valence-electron chi connectivity index (χ1n) is 6.84. The summed E-state index contributed by atoms with van der Waals surface area (Å²) in [7, 11) is 1.72. The molecule has 0 bridgehead atoms. The van der Waals surface area contributed by atoms with Gasteiger partial charge in [0.15, 0.2) is 0 Å². The SMILES string of the molecule is CC.COCC1=CC=C(COCC(C)C)CC=C1.